The molecule has 3 aromatic rings. The molecule has 1 aliphatic rings. The second kappa shape index (κ2) is 7.92. The number of nitrogens with zero attached hydrogens (tertiary/aromatic N) is 4. The third-order valence-electron chi connectivity index (χ3n) is 4.66. The maximum atomic E-state index is 15.1. The molecule has 2 aromatic heterocycles. The Morgan fingerprint density at radius 2 is 1.76 bits per heavy atom. The quantitative estimate of drug-likeness (QED) is 0.600. The minimum Gasteiger partial charge on any atom is -0.372 e. The Kier molecular flexibility index (Phi) is 5.33. The van der Waals surface area contributed by atoms with E-state index in [-0.39, 0.29) is 34.0 Å². The van der Waals surface area contributed by atoms with E-state index >= 15 is 8.78 Å². The third-order valence-corrected chi connectivity index (χ3v) is 5.66. The highest BCUT2D eigenvalue weighted by atomic mass is 32.1. The molecule has 0 N–H and O–H groups in total. The van der Waals surface area contributed by atoms with Crippen LogP contribution in [-0.2, 0) is 4.74 Å². The number of morpholine rings is 1. The van der Waals surface area contributed by atoms with Crippen LogP contribution in [0.5, 0.6) is 0 Å². The molecule has 0 saturated carbocycles. The fourth-order valence-corrected chi connectivity index (χ4v) is 4.37. The van der Waals surface area contributed by atoms with Crippen LogP contribution in [0, 0.1) is 11.6 Å². The van der Waals surface area contributed by atoms with Gasteiger partial charge in [0.05, 0.1) is 23.5 Å². The van der Waals surface area contributed by atoms with Crippen molar-refractivity contribution in [1.29, 1.82) is 0 Å². The zero-order valence-corrected chi connectivity index (χ0v) is 16.6. The summed E-state index contributed by atoms with van der Waals surface area (Å²) < 4.78 is 35.8. The van der Waals surface area contributed by atoms with Crippen molar-refractivity contribution in [2.75, 3.05) is 18.0 Å². The number of aldehydes is 1. The first-order chi connectivity index (χ1) is 14.0. The standard InChI is InChI=1S/C20H18F2N4O2S/c1-11-8-26(9-12(2)28-11)18-14(10-27)7-15(16(21)17(18)22)20-25-24-19(29-20)13-3-5-23-6-4-13/h3-7,10-12H,8-9H2,1-2H3. The van der Waals surface area contributed by atoms with Gasteiger partial charge in [-0.2, -0.15) is 0 Å². The summed E-state index contributed by atoms with van der Waals surface area (Å²) in [4.78, 5) is 17.3. The number of hydrogen-bond donors (Lipinski definition) is 0. The molecule has 150 valence electrons. The topological polar surface area (TPSA) is 68.2 Å². The van der Waals surface area contributed by atoms with Gasteiger partial charge in [-0.15, -0.1) is 10.2 Å². The Morgan fingerprint density at radius 3 is 2.41 bits per heavy atom. The molecule has 2 atom stereocenters. The molecule has 0 aliphatic carbocycles. The molecule has 0 amide bonds. The molecule has 6 nitrogen and oxygen atoms in total. The van der Waals surface area contributed by atoms with Gasteiger partial charge in [0.15, 0.2) is 22.9 Å². The second-order valence-corrected chi connectivity index (χ2v) is 7.90. The molecule has 1 aromatic carbocycles. The molecule has 1 aliphatic heterocycles. The SMILES string of the molecule is CC1CN(c2c(C=O)cc(-c3nnc(-c4ccncc4)s3)c(F)c2F)CC(C)O1. The monoisotopic (exact) mass is 416 g/mol. The van der Waals surface area contributed by atoms with Crippen molar-refractivity contribution in [2.24, 2.45) is 0 Å². The molecule has 0 radical (unpaired) electrons. The summed E-state index contributed by atoms with van der Waals surface area (Å²) in [6.45, 7) is 4.44. The molecule has 9 heteroatoms. The third kappa shape index (κ3) is 3.75. The van der Waals surface area contributed by atoms with E-state index in [4.69, 9.17) is 4.74 Å². The van der Waals surface area contributed by atoms with Gasteiger partial charge in [-0.05, 0) is 32.0 Å². The molecular weight excluding hydrogens is 398 g/mol. The molecule has 2 unspecified atom stereocenters. The molecule has 3 heterocycles. The van der Waals surface area contributed by atoms with Crippen LogP contribution in [0.2, 0.25) is 0 Å². The summed E-state index contributed by atoms with van der Waals surface area (Å²) >= 11 is 1.12. The number of anilines is 1. The molecule has 0 bridgehead atoms. The zero-order chi connectivity index (χ0) is 20.5. The first kappa shape index (κ1) is 19.5. The van der Waals surface area contributed by atoms with Crippen molar-refractivity contribution < 1.29 is 18.3 Å². The van der Waals surface area contributed by atoms with E-state index in [0.29, 0.717) is 24.4 Å². The summed E-state index contributed by atoms with van der Waals surface area (Å²) in [5.74, 6) is -2.11. The maximum absolute atomic E-state index is 15.1. The predicted molar refractivity (Wildman–Crippen MR) is 106 cm³/mol. The highest BCUT2D eigenvalue weighted by Crippen LogP contribution is 2.37. The number of benzene rings is 1. The number of carbonyl (C=O) groups excluding carboxylic acids is 1. The maximum Gasteiger partial charge on any atom is 0.183 e. The number of ether oxygens (including phenoxy) is 1. The summed E-state index contributed by atoms with van der Waals surface area (Å²) in [5.41, 5.74) is 0.719. The van der Waals surface area contributed by atoms with Crippen LogP contribution in [0.1, 0.15) is 24.2 Å². The van der Waals surface area contributed by atoms with Gasteiger partial charge in [-0.3, -0.25) is 9.78 Å². The van der Waals surface area contributed by atoms with E-state index in [1.807, 2.05) is 13.8 Å². The van der Waals surface area contributed by atoms with Crippen LogP contribution in [0.25, 0.3) is 21.1 Å². The van der Waals surface area contributed by atoms with Gasteiger partial charge in [0, 0.05) is 36.6 Å². The van der Waals surface area contributed by atoms with Crippen LogP contribution in [-0.4, -0.2) is 46.8 Å². The van der Waals surface area contributed by atoms with Gasteiger partial charge in [0.1, 0.15) is 5.01 Å². The Bertz CT molecular complexity index is 1030. The van der Waals surface area contributed by atoms with Gasteiger partial charge < -0.3 is 9.64 Å². The minimum absolute atomic E-state index is 0.0397. The van der Waals surface area contributed by atoms with E-state index in [1.165, 1.54) is 6.07 Å². The van der Waals surface area contributed by atoms with Crippen molar-refractivity contribution in [1.82, 2.24) is 15.2 Å². The van der Waals surface area contributed by atoms with Crippen molar-refractivity contribution in [3.8, 4) is 21.1 Å². The van der Waals surface area contributed by atoms with Crippen molar-refractivity contribution >= 4 is 23.3 Å². The lowest BCUT2D eigenvalue weighted by atomic mass is 10.1. The molecular formula is C20H18F2N4O2S. The average Bonchev–Trinajstić information content (AvgIpc) is 3.19. The molecule has 1 fully saturated rings. The van der Waals surface area contributed by atoms with Crippen molar-refractivity contribution in [3.63, 3.8) is 0 Å². The number of pyridine rings is 1. The van der Waals surface area contributed by atoms with Gasteiger partial charge in [0.2, 0.25) is 0 Å². The second-order valence-electron chi connectivity index (χ2n) is 6.92. The van der Waals surface area contributed by atoms with Crippen LogP contribution >= 0.6 is 11.3 Å². The van der Waals surface area contributed by atoms with Gasteiger partial charge in [0.25, 0.3) is 0 Å². The van der Waals surface area contributed by atoms with Crippen LogP contribution in [0.4, 0.5) is 14.5 Å². The molecule has 0 spiro atoms. The van der Waals surface area contributed by atoms with Crippen LogP contribution < -0.4 is 4.90 Å². The molecule has 29 heavy (non-hydrogen) atoms. The largest absolute Gasteiger partial charge is 0.372 e. The van der Waals surface area contributed by atoms with Crippen LogP contribution in [0.15, 0.2) is 30.6 Å². The lowest BCUT2D eigenvalue weighted by Gasteiger charge is -2.37. The Labute approximate surface area is 170 Å². The highest BCUT2D eigenvalue weighted by molar-refractivity contribution is 7.17. The summed E-state index contributed by atoms with van der Waals surface area (Å²) in [5, 5.41) is 8.81. The fourth-order valence-electron chi connectivity index (χ4n) is 3.51. The Balaban J connectivity index is 1.76. The van der Waals surface area contributed by atoms with Gasteiger partial charge in [-0.1, -0.05) is 11.3 Å². The van der Waals surface area contributed by atoms with Gasteiger partial charge in [-0.25, -0.2) is 8.78 Å². The Morgan fingerprint density at radius 1 is 1.10 bits per heavy atom. The number of hydrogen-bond acceptors (Lipinski definition) is 7. The average molecular weight is 416 g/mol. The number of aromatic nitrogens is 3. The summed E-state index contributed by atoms with van der Waals surface area (Å²) in [6.07, 6.45) is 3.44. The lowest BCUT2D eigenvalue weighted by molar-refractivity contribution is -0.00546. The van der Waals surface area contributed by atoms with E-state index in [0.717, 1.165) is 16.9 Å². The number of rotatable bonds is 4. The first-order valence-corrected chi connectivity index (χ1v) is 9.91. The van der Waals surface area contributed by atoms with E-state index in [2.05, 4.69) is 15.2 Å². The smallest absolute Gasteiger partial charge is 0.183 e. The zero-order valence-electron chi connectivity index (χ0n) is 15.8. The minimum atomic E-state index is -1.06. The van der Waals surface area contributed by atoms with E-state index in [9.17, 15) is 4.79 Å². The predicted octanol–water partition coefficient (Wildman–Crippen LogP) is 3.97. The van der Waals surface area contributed by atoms with E-state index < -0.39 is 11.6 Å². The van der Waals surface area contributed by atoms with E-state index in [1.54, 1.807) is 29.4 Å². The number of halogens is 2. The highest BCUT2D eigenvalue weighted by Gasteiger charge is 2.30. The normalized spacial score (nSPS) is 19.4. The molecule has 4 rings (SSSR count). The summed E-state index contributed by atoms with van der Waals surface area (Å²) in [6, 6.07) is 4.84. The first-order valence-electron chi connectivity index (χ1n) is 9.09. The molecule has 1 saturated heterocycles. The van der Waals surface area contributed by atoms with Gasteiger partial charge >= 0.3 is 0 Å². The summed E-state index contributed by atoms with van der Waals surface area (Å²) in [7, 11) is 0. The number of carbonyl (C=O) groups is 1. The fraction of sp³-hybridized carbons (Fsp3) is 0.300. The van der Waals surface area contributed by atoms with Crippen LogP contribution in [0.3, 0.4) is 0 Å². The lowest BCUT2D eigenvalue weighted by Crippen LogP contribution is -2.46. The van der Waals surface area contributed by atoms with Crippen molar-refractivity contribution in [2.45, 2.75) is 26.1 Å². The van der Waals surface area contributed by atoms with Crippen molar-refractivity contribution in [3.05, 3.63) is 47.8 Å². The Hall–Kier alpha value is -2.78.